The molecular formula is C21H26O6. The summed E-state index contributed by atoms with van der Waals surface area (Å²) >= 11 is 0. The van der Waals surface area contributed by atoms with Crippen molar-refractivity contribution in [1.29, 1.82) is 0 Å². The van der Waals surface area contributed by atoms with Crippen LogP contribution in [0, 0.1) is 17.8 Å². The van der Waals surface area contributed by atoms with Gasteiger partial charge in [0.15, 0.2) is 0 Å². The van der Waals surface area contributed by atoms with E-state index in [1.54, 1.807) is 6.08 Å². The van der Waals surface area contributed by atoms with Crippen molar-refractivity contribution in [3.05, 3.63) is 47.8 Å². The lowest BCUT2D eigenvalue weighted by Crippen LogP contribution is -2.48. The number of fused-ring (bicyclic) bond motifs is 3. The van der Waals surface area contributed by atoms with E-state index in [1.807, 2.05) is 19.9 Å². The molecule has 2 fully saturated rings. The van der Waals surface area contributed by atoms with Crippen molar-refractivity contribution in [1.82, 2.24) is 0 Å². The largest absolute Gasteiger partial charge is 0.486 e. The minimum atomic E-state index is -1.42. The maximum atomic E-state index is 12.3. The molecule has 0 radical (unpaired) electrons. The average molecular weight is 374 g/mol. The van der Waals surface area contributed by atoms with Crippen LogP contribution in [0.1, 0.15) is 26.7 Å². The van der Waals surface area contributed by atoms with Crippen molar-refractivity contribution in [2.24, 2.45) is 17.8 Å². The summed E-state index contributed by atoms with van der Waals surface area (Å²) in [5, 5.41) is 20.8. The molecule has 1 saturated carbocycles. The summed E-state index contributed by atoms with van der Waals surface area (Å²) in [6.45, 7) is 11.0. The number of rotatable bonds is 5. The second-order valence-electron chi connectivity index (χ2n) is 7.62. The molecule has 0 bridgehead atoms. The van der Waals surface area contributed by atoms with Crippen molar-refractivity contribution in [3.8, 4) is 0 Å². The first-order valence-corrected chi connectivity index (χ1v) is 9.16. The van der Waals surface area contributed by atoms with Crippen LogP contribution >= 0.6 is 0 Å². The fourth-order valence-corrected chi connectivity index (χ4v) is 4.58. The normalized spacial score (nSPS) is 38.4. The summed E-state index contributed by atoms with van der Waals surface area (Å²) in [4.78, 5) is 24.1. The van der Waals surface area contributed by atoms with E-state index in [0.29, 0.717) is 24.2 Å². The number of aliphatic hydroxyl groups is 2. The molecule has 3 rings (SSSR count). The number of allylic oxidation sites excluding steroid dienone is 3. The van der Waals surface area contributed by atoms with E-state index in [9.17, 15) is 19.8 Å². The highest BCUT2D eigenvalue weighted by Gasteiger charge is 2.60. The molecule has 1 aliphatic heterocycles. The third-order valence-electron chi connectivity index (χ3n) is 6.26. The molecule has 0 amide bonds. The van der Waals surface area contributed by atoms with E-state index in [2.05, 4.69) is 13.2 Å². The molecule has 6 nitrogen and oxygen atoms in total. The van der Waals surface area contributed by atoms with Crippen LogP contribution in [-0.4, -0.2) is 46.9 Å². The predicted molar refractivity (Wildman–Crippen MR) is 98.4 cm³/mol. The van der Waals surface area contributed by atoms with Gasteiger partial charge in [0.1, 0.15) is 24.3 Å². The van der Waals surface area contributed by atoms with Gasteiger partial charge in [-0.25, -0.2) is 4.79 Å². The summed E-state index contributed by atoms with van der Waals surface area (Å²) in [5.74, 6) is -1.60. The highest BCUT2D eigenvalue weighted by Crippen LogP contribution is 2.53. The van der Waals surface area contributed by atoms with Crippen molar-refractivity contribution < 1.29 is 29.3 Å². The van der Waals surface area contributed by atoms with Crippen molar-refractivity contribution >= 4 is 12.3 Å². The minimum Gasteiger partial charge on any atom is -0.486 e. The van der Waals surface area contributed by atoms with E-state index >= 15 is 0 Å². The summed E-state index contributed by atoms with van der Waals surface area (Å²) < 4.78 is 11.6. The molecule has 0 unspecified atom stereocenters. The van der Waals surface area contributed by atoms with Crippen LogP contribution in [0.5, 0.6) is 0 Å². The number of aliphatic hydroxyl groups excluding tert-OH is 1. The zero-order valence-corrected chi connectivity index (χ0v) is 15.7. The Kier molecular flexibility index (Phi) is 5.14. The molecule has 3 aliphatic rings. The number of hydrogen-bond acceptors (Lipinski definition) is 6. The van der Waals surface area contributed by atoms with Gasteiger partial charge in [0.25, 0.3) is 0 Å². The van der Waals surface area contributed by atoms with E-state index in [0.717, 1.165) is 11.9 Å². The number of ether oxygens (including phenoxy) is 2. The van der Waals surface area contributed by atoms with Gasteiger partial charge in [-0.1, -0.05) is 19.2 Å². The van der Waals surface area contributed by atoms with Crippen LogP contribution in [0.3, 0.4) is 0 Å². The highest BCUT2D eigenvalue weighted by atomic mass is 16.6. The highest BCUT2D eigenvalue weighted by molar-refractivity contribution is 5.91. The van der Waals surface area contributed by atoms with E-state index in [1.165, 1.54) is 0 Å². The van der Waals surface area contributed by atoms with Crippen LogP contribution in [0.15, 0.2) is 47.8 Å². The molecule has 1 heterocycles. The smallest absolute Gasteiger partial charge is 0.334 e. The maximum Gasteiger partial charge on any atom is 0.334 e. The quantitative estimate of drug-likeness (QED) is 0.251. The molecule has 0 aromatic carbocycles. The summed E-state index contributed by atoms with van der Waals surface area (Å²) in [7, 11) is 0. The van der Waals surface area contributed by atoms with Crippen molar-refractivity contribution in [2.75, 3.05) is 6.61 Å². The van der Waals surface area contributed by atoms with Gasteiger partial charge in [-0.3, -0.25) is 4.79 Å². The van der Waals surface area contributed by atoms with Gasteiger partial charge in [0.2, 0.25) is 0 Å². The van der Waals surface area contributed by atoms with Gasteiger partial charge in [-0.15, -0.1) is 0 Å². The molecule has 6 atom stereocenters. The van der Waals surface area contributed by atoms with Gasteiger partial charge < -0.3 is 19.7 Å². The molecule has 0 spiro atoms. The third-order valence-corrected chi connectivity index (χ3v) is 6.26. The lowest BCUT2D eigenvalue weighted by Gasteiger charge is -2.36. The molecule has 146 valence electrons. The van der Waals surface area contributed by atoms with Crippen LogP contribution < -0.4 is 0 Å². The van der Waals surface area contributed by atoms with Crippen LogP contribution in [-0.2, 0) is 19.1 Å². The summed E-state index contributed by atoms with van der Waals surface area (Å²) in [6, 6.07) is 0. The maximum absolute atomic E-state index is 12.3. The van der Waals surface area contributed by atoms with E-state index in [-0.39, 0.29) is 11.5 Å². The zero-order chi connectivity index (χ0) is 19.9. The van der Waals surface area contributed by atoms with Crippen LogP contribution in [0.25, 0.3) is 0 Å². The SMILES string of the molecule is C=C(O[C@@H]1C=C(C=O)[C@@H]2CC[C@@](O)(CO)[C@@H]2[C@H]2OC(=O)C(=C)[C@@H]21)/C(C)=C\C. The number of esters is 1. The van der Waals surface area contributed by atoms with Gasteiger partial charge in [-0.05, 0) is 49.8 Å². The van der Waals surface area contributed by atoms with Gasteiger partial charge in [0.05, 0.1) is 18.1 Å². The zero-order valence-electron chi connectivity index (χ0n) is 15.7. The molecule has 6 heteroatoms. The minimum absolute atomic E-state index is 0.241. The molecule has 0 aromatic heterocycles. The summed E-state index contributed by atoms with van der Waals surface area (Å²) in [6.07, 6.45) is 3.74. The average Bonchev–Trinajstić information content (AvgIpc) is 3.10. The van der Waals surface area contributed by atoms with Gasteiger partial charge in [-0.2, -0.15) is 0 Å². The Bertz CT molecular complexity index is 748. The molecule has 2 aliphatic carbocycles. The topological polar surface area (TPSA) is 93.1 Å². The number of carbonyl (C=O) groups excluding carboxylic acids is 2. The second-order valence-corrected chi connectivity index (χ2v) is 7.62. The number of hydrogen-bond donors (Lipinski definition) is 2. The van der Waals surface area contributed by atoms with Crippen molar-refractivity contribution in [3.63, 3.8) is 0 Å². The Morgan fingerprint density at radius 2 is 2.22 bits per heavy atom. The molecule has 1 saturated heterocycles. The Hall–Kier alpha value is -2.18. The Morgan fingerprint density at radius 3 is 2.81 bits per heavy atom. The van der Waals surface area contributed by atoms with Gasteiger partial charge >= 0.3 is 5.97 Å². The predicted octanol–water partition coefficient (Wildman–Crippen LogP) is 1.84. The third kappa shape index (κ3) is 3.07. The monoisotopic (exact) mass is 374 g/mol. The van der Waals surface area contributed by atoms with Crippen LogP contribution in [0.2, 0.25) is 0 Å². The lowest BCUT2D eigenvalue weighted by molar-refractivity contribution is -0.151. The number of aldehydes is 1. The van der Waals surface area contributed by atoms with E-state index in [4.69, 9.17) is 9.47 Å². The van der Waals surface area contributed by atoms with Crippen LogP contribution in [0.4, 0.5) is 0 Å². The first kappa shape index (κ1) is 19.6. The lowest BCUT2D eigenvalue weighted by atomic mass is 9.75. The fraction of sp³-hybridized carbons (Fsp3) is 0.524. The van der Waals surface area contributed by atoms with E-state index < -0.39 is 42.2 Å². The van der Waals surface area contributed by atoms with Gasteiger partial charge in [0, 0.05) is 11.5 Å². The Balaban J connectivity index is 2.08. The molecular weight excluding hydrogens is 348 g/mol. The standard InChI is InChI=1S/C21H26O6/c1-5-11(2)13(4)26-16-8-14(9-22)15-6-7-21(25,10-23)18(15)19-17(16)12(3)20(24)27-19/h5,8-9,15-19,23,25H,3-4,6-7,10H2,1-2H3/b11-5-/t15-,16+,17+,18-,19-,21+/m0/s1. The summed E-state index contributed by atoms with van der Waals surface area (Å²) in [5.41, 5.74) is 0.134. The molecule has 2 N–H and O–H groups in total. The molecule has 0 aromatic rings. The molecule has 27 heavy (non-hydrogen) atoms. The fourth-order valence-electron chi connectivity index (χ4n) is 4.58. The Morgan fingerprint density at radius 1 is 1.52 bits per heavy atom. The Labute approximate surface area is 158 Å². The first-order valence-electron chi connectivity index (χ1n) is 9.16. The second kappa shape index (κ2) is 7.09. The number of carbonyl (C=O) groups is 2. The van der Waals surface area contributed by atoms with Crippen molar-refractivity contribution in [2.45, 2.75) is 44.5 Å². The first-order chi connectivity index (χ1) is 12.8.